The van der Waals surface area contributed by atoms with Gasteiger partial charge in [0.15, 0.2) is 0 Å². The number of nitrogens with zero attached hydrogens (tertiary/aromatic N) is 1. The maximum Gasteiger partial charge on any atom is 0.329 e. The molecule has 0 bridgehead atoms. The number of hydrogen-bond acceptors (Lipinski definition) is 4. The van der Waals surface area contributed by atoms with Gasteiger partial charge >= 0.3 is 11.8 Å². The van der Waals surface area contributed by atoms with Crippen LogP contribution in [0.4, 0.5) is 0 Å². The van der Waals surface area contributed by atoms with Gasteiger partial charge in [0.2, 0.25) is 0 Å². The van der Waals surface area contributed by atoms with Crippen LogP contribution in [0.5, 0.6) is 5.75 Å². The molecule has 3 aromatic rings. The third-order valence-electron chi connectivity index (χ3n) is 4.36. The van der Waals surface area contributed by atoms with Crippen LogP contribution in [0.25, 0.3) is 0 Å². The number of benzene rings is 3. The number of ether oxygens (including phenoxy) is 1. The first-order valence-corrected chi connectivity index (χ1v) is 9.57. The van der Waals surface area contributed by atoms with E-state index >= 15 is 0 Å². The largest absolute Gasteiger partial charge is 0.489 e. The molecule has 0 saturated heterocycles. The number of amides is 2. The molecule has 0 unspecified atom stereocenters. The molecule has 0 fully saturated rings. The molecular formula is C24H23N3O3. The lowest BCUT2D eigenvalue weighted by Crippen LogP contribution is -2.39. The second-order valence-corrected chi connectivity index (χ2v) is 6.65. The van der Waals surface area contributed by atoms with Crippen LogP contribution in [0, 0.1) is 0 Å². The summed E-state index contributed by atoms with van der Waals surface area (Å²) in [7, 11) is 0. The van der Waals surface area contributed by atoms with Gasteiger partial charge in [-0.05, 0) is 47.9 Å². The zero-order valence-electron chi connectivity index (χ0n) is 16.6. The summed E-state index contributed by atoms with van der Waals surface area (Å²) in [5.74, 6) is -0.834. The van der Waals surface area contributed by atoms with Crippen molar-refractivity contribution in [2.24, 2.45) is 5.10 Å². The molecule has 0 radical (unpaired) electrons. The lowest BCUT2D eigenvalue weighted by atomic mass is 10.1. The predicted molar refractivity (Wildman–Crippen MR) is 116 cm³/mol. The summed E-state index contributed by atoms with van der Waals surface area (Å²) < 4.78 is 5.73. The van der Waals surface area contributed by atoms with Crippen molar-refractivity contribution >= 4 is 18.0 Å². The van der Waals surface area contributed by atoms with Crippen LogP contribution < -0.4 is 15.5 Å². The molecule has 0 aliphatic rings. The summed E-state index contributed by atoms with van der Waals surface area (Å²) in [5, 5.41) is 6.48. The molecule has 0 spiro atoms. The molecule has 152 valence electrons. The van der Waals surface area contributed by atoms with Gasteiger partial charge in [0.25, 0.3) is 0 Å². The van der Waals surface area contributed by atoms with Crippen molar-refractivity contribution in [3.05, 3.63) is 102 Å². The molecule has 3 rings (SSSR count). The van der Waals surface area contributed by atoms with Crippen LogP contribution in [0.2, 0.25) is 0 Å². The molecule has 2 amide bonds. The van der Waals surface area contributed by atoms with Gasteiger partial charge in [-0.15, -0.1) is 0 Å². The third-order valence-corrected chi connectivity index (χ3v) is 4.36. The van der Waals surface area contributed by atoms with Crippen molar-refractivity contribution in [3.8, 4) is 5.75 Å². The Balaban J connectivity index is 1.45. The Kier molecular flexibility index (Phi) is 7.33. The quantitative estimate of drug-likeness (QED) is 0.361. The summed E-state index contributed by atoms with van der Waals surface area (Å²) in [5.41, 5.74) is 5.00. The Morgan fingerprint density at radius 3 is 2.20 bits per heavy atom. The minimum absolute atomic E-state index is 0.281. The van der Waals surface area contributed by atoms with Gasteiger partial charge in [-0.25, -0.2) is 5.43 Å². The van der Waals surface area contributed by atoms with Crippen LogP contribution in [0.15, 0.2) is 90.0 Å². The van der Waals surface area contributed by atoms with Gasteiger partial charge in [-0.3, -0.25) is 9.59 Å². The standard InChI is InChI=1S/C24H23N3O3/c1-18(21-10-6-3-7-11-21)26-23(28)24(29)27-25-16-19-12-14-22(15-13-19)30-17-20-8-4-2-5-9-20/h2-16,18H,17H2,1H3,(H,26,28)(H,27,29)/t18-/m0/s1. The molecule has 0 aliphatic carbocycles. The number of carbonyl (C=O) groups is 2. The van der Waals surface area contributed by atoms with Gasteiger partial charge < -0.3 is 10.1 Å². The molecule has 0 aromatic heterocycles. The second kappa shape index (κ2) is 10.6. The van der Waals surface area contributed by atoms with E-state index in [9.17, 15) is 9.59 Å². The number of nitrogens with one attached hydrogen (secondary N) is 2. The fourth-order valence-electron chi connectivity index (χ4n) is 2.69. The number of rotatable bonds is 7. The van der Waals surface area contributed by atoms with E-state index in [-0.39, 0.29) is 6.04 Å². The molecule has 3 aromatic carbocycles. The summed E-state index contributed by atoms with van der Waals surface area (Å²) in [6.45, 7) is 2.30. The van der Waals surface area contributed by atoms with Crippen LogP contribution in [0.1, 0.15) is 29.7 Å². The minimum Gasteiger partial charge on any atom is -0.489 e. The SMILES string of the molecule is C[C@H](NC(=O)C(=O)NN=Cc1ccc(OCc2ccccc2)cc1)c1ccccc1. The Bertz CT molecular complexity index is 987. The lowest BCUT2D eigenvalue weighted by Gasteiger charge is -2.13. The number of hydrazone groups is 1. The fourth-order valence-corrected chi connectivity index (χ4v) is 2.69. The number of hydrogen-bond donors (Lipinski definition) is 2. The molecule has 30 heavy (non-hydrogen) atoms. The zero-order valence-corrected chi connectivity index (χ0v) is 16.6. The smallest absolute Gasteiger partial charge is 0.329 e. The Morgan fingerprint density at radius 1 is 0.900 bits per heavy atom. The normalized spacial score (nSPS) is 11.6. The van der Waals surface area contributed by atoms with Crippen LogP contribution in [-0.2, 0) is 16.2 Å². The fraction of sp³-hybridized carbons (Fsp3) is 0.125. The third kappa shape index (κ3) is 6.31. The van der Waals surface area contributed by atoms with Crippen molar-refractivity contribution in [2.45, 2.75) is 19.6 Å². The average Bonchev–Trinajstić information content (AvgIpc) is 2.79. The molecule has 6 nitrogen and oxygen atoms in total. The monoisotopic (exact) mass is 401 g/mol. The lowest BCUT2D eigenvalue weighted by molar-refractivity contribution is -0.139. The highest BCUT2D eigenvalue weighted by Gasteiger charge is 2.16. The minimum atomic E-state index is -0.822. The Morgan fingerprint density at radius 2 is 1.53 bits per heavy atom. The number of carbonyl (C=O) groups excluding carboxylic acids is 2. The summed E-state index contributed by atoms with van der Waals surface area (Å²) >= 11 is 0. The summed E-state index contributed by atoms with van der Waals surface area (Å²) in [4.78, 5) is 23.9. The van der Waals surface area contributed by atoms with Crippen molar-refractivity contribution in [2.75, 3.05) is 0 Å². The van der Waals surface area contributed by atoms with Crippen molar-refractivity contribution in [1.82, 2.24) is 10.7 Å². The molecule has 0 saturated carbocycles. The Hall–Kier alpha value is -3.93. The van der Waals surface area contributed by atoms with E-state index in [0.717, 1.165) is 22.4 Å². The maximum absolute atomic E-state index is 12.0. The van der Waals surface area contributed by atoms with Crippen molar-refractivity contribution < 1.29 is 14.3 Å². The van der Waals surface area contributed by atoms with Gasteiger partial charge in [0, 0.05) is 0 Å². The van der Waals surface area contributed by atoms with Gasteiger partial charge in [-0.1, -0.05) is 60.7 Å². The molecule has 6 heteroatoms. The molecule has 1 atom stereocenters. The van der Waals surface area contributed by atoms with E-state index in [4.69, 9.17) is 4.74 Å². The van der Waals surface area contributed by atoms with E-state index in [1.807, 2.05) is 91.9 Å². The topological polar surface area (TPSA) is 79.8 Å². The highest BCUT2D eigenvalue weighted by atomic mass is 16.5. The molecule has 2 N–H and O–H groups in total. The van der Waals surface area contributed by atoms with E-state index in [1.54, 1.807) is 0 Å². The van der Waals surface area contributed by atoms with E-state index < -0.39 is 11.8 Å². The zero-order chi connectivity index (χ0) is 21.2. The van der Waals surface area contributed by atoms with Crippen molar-refractivity contribution in [3.63, 3.8) is 0 Å². The Labute approximate surface area is 175 Å². The highest BCUT2D eigenvalue weighted by molar-refractivity contribution is 6.35. The van der Waals surface area contributed by atoms with Crippen LogP contribution in [-0.4, -0.2) is 18.0 Å². The van der Waals surface area contributed by atoms with E-state index in [0.29, 0.717) is 6.61 Å². The second-order valence-electron chi connectivity index (χ2n) is 6.65. The first kappa shape index (κ1) is 20.8. The predicted octanol–water partition coefficient (Wildman–Crippen LogP) is 3.59. The maximum atomic E-state index is 12.0. The van der Waals surface area contributed by atoms with Gasteiger partial charge in [0.1, 0.15) is 12.4 Å². The first-order chi connectivity index (χ1) is 14.6. The highest BCUT2D eigenvalue weighted by Crippen LogP contribution is 2.13. The van der Waals surface area contributed by atoms with Crippen LogP contribution in [0.3, 0.4) is 0 Å². The first-order valence-electron chi connectivity index (χ1n) is 9.57. The summed E-state index contributed by atoms with van der Waals surface area (Å²) in [6, 6.07) is 26.3. The van der Waals surface area contributed by atoms with Crippen LogP contribution >= 0.6 is 0 Å². The van der Waals surface area contributed by atoms with Gasteiger partial charge in [-0.2, -0.15) is 5.10 Å². The molecular weight excluding hydrogens is 378 g/mol. The average molecular weight is 401 g/mol. The molecule has 0 aliphatic heterocycles. The van der Waals surface area contributed by atoms with Crippen molar-refractivity contribution in [1.29, 1.82) is 0 Å². The van der Waals surface area contributed by atoms with Gasteiger partial charge in [0.05, 0.1) is 12.3 Å². The molecule has 0 heterocycles. The summed E-state index contributed by atoms with van der Waals surface area (Å²) in [6.07, 6.45) is 1.47. The van der Waals surface area contributed by atoms with E-state index in [2.05, 4.69) is 15.8 Å². The van der Waals surface area contributed by atoms with E-state index in [1.165, 1.54) is 6.21 Å².